The fourth-order valence-corrected chi connectivity index (χ4v) is 1.73. The molecule has 2 rings (SSSR count). The summed E-state index contributed by atoms with van der Waals surface area (Å²) in [6, 6.07) is 6.44. The Bertz CT molecular complexity index is 726. The molecule has 0 fully saturated rings. The van der Waals surface area contributed by atoms with Gasteiger partial charge in [0.05, 0.1) is 5.02 Å². The van der Waals surface area contributed by atoms with E-state index in [0.29, 0.717) is 0 Å². The van der Waals surface area contributed by atoms with E-state index in [4.69, 9.17) is 16.3 Å². The molecule has 2 aromatic rings. The lowest BCUT2D eigenvalue weighted by Gasteiger charge is -2.08. The Balaban J connectivity index is 1.98. The first-order valence-electron chi connectivity index (χ1n) is 5.94. The van der Waals surface area contributed by atoms with Gasteiger partial charge in [0.25, 0.3) is 5.91 Å². The van der Waals surface area contributed by atoms with Gasteiger partial charge in [0.1, 0.15) is 12.0 Å². The van der Waals surface area contributed by atoms with Crippen LogP contribution in [0, 0.1) is 15.9 Å². The van der Waals surface area contributed by atoms with E-state index in [-0.39, 0.29) is 16.5 Å². The molecule has 114 valence electrons. The lowest BCUT2D eigenvalue weighted by molar-refractivity contribution is -0.390. The van der Waals surface area contributed by atoms with Crippen molar-refractivity contribution in [2.24, 2.45) is 0 Å². The van der Waals surface area contributed by atoms with E-state index in [1.165, 1.54) is 30.5 Å². The predicted molar refractivity (Wildman–Crippen MR) is 76.4 cm³/mol. The summed E-state index contributed by atoms with van der Waals surface area (Å²) in [7, 11) is 0. The Morgan fingerprint density at radius 3 is 2.91 bits per heavy atom. The van der Waals surface area contributed by atoms with Crippen LogP contribution in [0.5, 0.6) is 5.75 Å². The number of nitro groups is 1. The van der Waals surface area contributed by atoms with Gasteiger partial charge in [-0.05, 0) is 40.2 Å². The van der Waals surface area contributed by atoms with Gasteiger partial charge >= 0.3 is 5.82 Å². The molecule has 9 heteroatoms. The van der Waals surface area contributed by atoms with E-state index >= 15 is 0 Å². The van der Waals surface area contributed by atoms with Gasteiger partial charge in [-0.1, -0.05) is 11.6 Å². The first kappa shape index (κ1) is 15.6. The minimum absolute atomic E-state index is 0.125. The van der Waals surface area contributed by atoms with Crippen LogP contribution in [-0.2, 0) is 4.79 Å². The number of carbonyl (C=O) groups is 1. The molecule has 0 spiro atoms. The number of benzene rings is 1. The summed E-state index contributed by atoms with van der Waals surface area (Å²) in [5.74, 6) is -1.80. The third-order valence-electron chi connectivity index (χ3n) is 2.49. The molecule has 0 atom stereocenters. The van der Waals surface area contributed by atoms with Crippen molar-refractivity contribution in [3.63, 3.8) is 0 Å². The lowest BCUT2D eigenvalue weighted by atomic mass is 10.3. The minimum atomic E-state index is -0.715. The van der Waals surface area contributed by atoms with E-state index < -0.39 is 29.1 Å². The van der Waals surface area contributed by atoms with Crippen molar-refractivity contribution in [2.75, 3.05) is 11.9 Å². The molecule has 1 aromatic carbocycles. The maximum absolute atomic E-state index is 13.0. The molecule has 7 nitrogen and oxygen atoms in total. The van der Waals surface area contributed by atoms with Crippen molar-refractivity contribution in [3.8, 4) is 5.75 Å². The Morgan fingerprint density at radius 1 is 1.45 bits per heavy atom. The summed E-state index contributed by atoms with van der Waals surface area (Å²) in [6.07, 6.45) is 1.24. The number of anilines is 1. The highest BCUT2D eigenvalue weighted by molar-refractivity contribution is 6.31. The monoisotopic (exact) mass is 325 g/mol. The zero-order valence-corrected chi connectivity index (χ0v) is 11.7. The van der Waals surface area contributed by atoms with Crippen molar-refractivity contribution in [2.45, 2.75) is 0 Å². The molecule has 0 unspecified atom stereocenters. The molecule has 1 amide bonds. The van der Waals surface area contributed by atoms with Crippen LogP contribution in [0.1, 0.15) is 0 Å². The van der Waals surface area contributed by atoms with Crippen molar-refractivity contribution in [3.05, 3.63) is 57.5 Å². The summed E-state index contributed by atoms with van der Waals surface area (Å²) < 4.78 is 18.0. The summed E-state index contributed by atoms with van der Waals surface area (Å²) in [5, 5.41) is 13.0. The van der Waals surface area contributed by atoms with Gasteiger partial charge in [0, 0.05) is 5.69 Å². The highest BCUT2D eigenvalue weighted by Gasteiger charge is 2.16. The second-order valence-electron chi connectivity index (χ2n) is 4.05. The molecule has 0 saturated heterocycles. The summed E-state index contributed by atoms with van der Waals surface area (Å²) in [5.41, 5.74) is 0.278. The van der Waals surface area contributed by atoms with Gasteiger partial charge in [0.2, 0.25) is 5.75 Å². The number of carbonyl (C=O) groups excluding carboxylic acids is 1. The molecule has 1 N–H and O–H groups in total. The molecule has 0 bridgehead atoms. The SMILES string of the molecule is O=C(COc1cccnc1[N+](=O)[O-])Nc1ccc(F)c(Cl)c1. The third kappa shape index (κ3) is 3.89. The first-order chi connectivity index (χ1) is 10.5. The van der Waals surface area contributed by atoms with Crippen LogP contribution < -0.4 is 10.1 Å². The Labute approximate surface area is 128 Å². The number of rotatable bonds is 5. The highest BCUT2D eigenvalue weighted by Crippen LogP contribution is 2.23. The van der Waals surface area contributed by atoms with Gasteiger partial charge in [-0.15, -0.1) is 0 Å². The lowest BCUT2D eigenvalue weighted by Crippen LogP contribution is -2.20. The van der Waals surface area contributed by atoms with Gasteiger partial charge in [-0.3, -0.25) is 4.79 Å². The van der Waals surface area contributed by atoms with Crippen molar-refractivity contribution in [1.29, 1.82) is 0 Å². The fraction of sp³-hybridized carbons (Fsp3) is 0.0769. The fourth-order valence-electron chi connectivity index (χ4n) is 1.55. The van der Waals surface area contributed by atoms with Gasteiger partial charge in [-0.2, -0.15) is 0 Å². The maximum Gasteiger partial charge on any atom is 0.406 e. The molecular formula is C13H9ClFN3O4. The third-order valence-corrected chi connectivity index (χ3v) is 2.78. The van der Waals surface area contributed by atoms with Crippen molar-refractivity contribution >= 4 is 29.0 Å². The van der Waals surface area contributed by atoms with Gasteiger partial charge in [-0.25, -0.2) is 4.39 Å². The summed E-state index contributed by atoms with van der Waals surface area (Å²) in [4.78, 5) is 25.3. The first-order valence-corrected chi connectivity index (χ1v) is 6.32. The minimum Gasteiger partial charge on any atom is -0.476 e. The average Bonchev–Trinajstić information content (AvgIpc) is 2.49. The normalized spacial score (nSPS) is 10.1. The number of halogens is 2. The molecule has 0 aliphatic heterocycles. The van der Waals surface area contributed by atoms with E-state index in [9.17, 15) is 19.3 Å². The molecule has 0 saturated carbocycles. The number of nitrogens with one attached hydrogen (secondary N) is 1. The van der Waals surface area contributed by atoms with Crippen LogP contribution in [0.4, 0.5) is 15.9 Å². The van der Waals surface area contributed by atoms with Crippen molar-refractivity contribution < 1.29 is 18.8 Å². The number of hydrogen-bond acceptors (Lipinski definition) is 5. The average molecular weight is 326 g/mol. The standard InChI is InChI=1S/C13H9ClFN3O4/c14-9-6-8(3-4-10(9)15)17-12(19)7-22-11-2-1-5-16-13(11)18(20)21/h1-6H,7H2,(H,17,19). The number of ether oxygens (including phenoxy) is 1. The van der Waals surface area contributed by atoms with E-state index in [1.807, 2.05) is 0 Å². The van der Waals surface area contributed by atoms with Crippen LogP contribution in [-0.4, -0.2) is 22.4 Å². The van der Waals surface area contributed by atoms with Crippen LogP contribution in [0.2, 0.25) is 5.02 Å². The molecule has 0 radical (unpaired) electrons. The van der Waals surface area contributed by atoms with E-state index in [2.05, 4.69) is 10.3 Å². The summed E-state index contributed by atoms with van der Waals surface area (Å²) >= 11 is 5.59. The Morgan fingerprint density at radius 2 is 2.23 bits per heavy atom. The van der Waals surface area contributed by atoms with E-state index in [1.54, 1.807) is 0 Å². The molecule has 1 aromatic heterocycles. The Hall–Kier alpha value is -2.74. The van der Waals surface area contributed by atoms with Crippen molar-refractivity contribution in [1.82, 2.24) is 4.98 Å². The number of pyridine rings is 1. The second kappa shape index (κ2) is 6.81. The number of nitrogens with zero attached hydrogens (tertiary/aromatic N) is 2. The zero-order valence-electron chi connectivity index (χ0n) is 11.0. The smallest absolute Gasteiger partial charge is 0.406 e. The van der Waals surface area contributed by atoms with Crippen LogP contribution >= 0.6 is 11.6 Å². The summed E-state index contributed by atoms with van der Waals surface area (Å²) in [6.45, 7) is -0.471. The van der Waals surface area contributed by atoms with Gasteiger partial charge in [0.15, 0.2) is 6.61 Å². The number of amides is 1. The van der Waals surface area contributed by atoms with Gasteiger partial charge < -0.3 is 20.2 Å². The largest absolute Gasteiger partial charge is 0.476 e. The highest BCUT2D eigenvalue weighted by atomic mass is 35.5. The quantitative estimate of drug-likeness (QED) is 0.673. The predicted octanol–water partition coefficient (Wildman–Crippen LogP) is 2.80. The molecule has 1 heterocycles. The van der Waals surface area contributed by atoms with E-state index in [0.717, 1.165) is 6.07 Å². The molecular weight excluding hydrogens is 317 g/mol. The Kier molecular flexibility index (Phi) is 4.84. The van der Waals surface area contributed by atoms with Crippen LogP contribution in [0.15, 0.2) is 36.5 Å². The number of aromatic nitrogens is 1. The molecule has 0 aliphatic rings. The molecule has 22 heavy (non-hydrogen) atoms. The van der Waals surface area contributed by atoms with Crippen LogP contribution in [0.25, 0.3) is 0 Å². The van der Waals surface area contributed by atoms with Crippen LogP contribution in [0.3, 0.4) is 0 Å². The topological polar surface area (TPSA) is 94.4 Å². The second-order valence-corrected chi connectivity index (χ2v) is 4.46. The molecule has 0 aliphatic carbocycles. The zero-order chi connectivity index (χ0) is 16.1. The maximum atomic E-state index is 13.0. The number of hydrogen-bond donors (Lipinski definition) is 1.